The predicted molar refractivity (Wildman–Crippen MR) is 149 cm³/mol. The van der Waals surface area contributed by atoms with Gasteiger partial charge in [0.1, 0.15) is 6.04 Å². The molecule has 0 radical (unpaired) electrons. The van der Waals surface area contributed by atoms with Gasteiger partial charge in [-0.05, 0) is 72.6 Å². The van der Waals surface area contributed by atoms with Crippen LogP contribution in [0.2, 0.25) is 5.02 Å². The highest BCUT2D eigenvalue weighted by molar-refractivity contribution is 7.89. The van der Waals surface area contributed by atoms with E-state index in [9.17, 15) is 31.2 Å². The van der Waals surface area contributed by atoms with E-state index in [0.717, 1.165) is 9.21 Å². The number of sulfonamides is 2. The van der Waals surface area contributed by atoms with Gasteiger partial charge in [-0.15, -0.1) is 0 Å². The van der Waals surface area contributed by atoms with Crippen molar-refractivity contribution in [2.75, 3.05) is 16.8 Å². The summed E-state index contributed by atoms with van der Waals surface area (Å²) in [5.41, 5.74) is 1.23. The molecule has 0 spiro atoms. The smallest absolute Gasteiger partial charge is 0.252 e. The van der Waals surface area contributed by atoms with Gasteiger partial charge in [-0.1, -0.05) is 23.7 Å². The fraction of sp³-hybridized carbons (Fsp3) is 0.192. The van der Waals surface area contributed by atoms with E-state index < -0.39 is 37.9 Å². The Morgan fingerprint density at radius 3 is 2.08 bits per heavy atom. The molecule has 3 amide bonds. The van der Waals surface area contributed by atoms with Crippen molar-refractivity contribution in [3.63, 3.8) is 0 Å². The number of nitrogens with zero attached hydrogens (tertiary/aromatic N) is 2. The Bertz CT molecular complexity index is 1660. The zero-order valence-electron chi connectivity index (χ0n) is 21.2. The van der Waals surface area contributed by atoms with Gasteiger partial charge in [0.2, 0.25) is 31.9 Å². The number of carbonyl (C=O) groups is 3. The van der Waals surface area contributed by atoms with Crippen LogP contribution in [0.1, 0.15) is 18.9 Å². The highest BCUT2D eigenvalue weighted by atomic mass is 35.5. The van der Waals surface area contributed by atoms with Crippen LogP contribution in [0.25, 0.3) is 0 Å². The number of amides is 3. The first-order chi connectivity index (χ1) is 18.8. The predicted octanol–water partition coefficient (Wildman–Crippen LogP) is 2.51. The molecule has 1 unspecified atom stereocenters. The molecule has 1 atom stereocenters. The summed E-state index contributed by atoms with van der Waals surface area (Å²) in [4.78, 5) is 38.5. The van der Waals surface area contributed by atoms with Crippen LogP contribution in [0, 0.1) is 0 Å². The van der Waals surface area contributed by atoms with Gasteiger partial charge in [0.05, 0.1) is 21.9 Å². The van der Waals surface area contributed by atoms with Gasteiger partial charge in [0.25, 0.3) is 5.91 Å². The van der Waals surface area contributed by atoms with E-state index in [-0.39, 0.29) is 40.8 Å². The largest absolute Gasteiger partial charge is 0.326 e. The lowest BCUT2D eigenvalue weighted by atomic mass is 10.1. The van der Waals surface area contributed by atoms with Crippen LogP contribution in [0.4, 0.5) is 11.4 Å². The highest BCUT2D eigenvalue weighted by Gasteiger charge is 2.46. The number of anilines is 2. The molecule has 14 heteroatoms. The zero-order chi connectivity index (χ0) is 29.2. The number of rotatable bonds is 9. The van der Waals surface area contributed by atoms with Crippen molar-refractivity contribution in [3.8, 4) is 0 Å². The molecule has 1 fully saturated rings. The second-order valence-electron chi connectivity index (χ2n) is 9.02. The summed E-state index contributed by atoms with van der Waals surface area (Å²) in [7, 11) is -8.23. The van der Waals surface area contributed by atoms with E-state index in [0.29, 0.717) is 16.3 Å². The van der Waals surface area contributed by atoms with Crippen molar-refractivity contribution in [3.05, 3.63) is 83.4 Å². The first-order valence-electron chi connectivity index (χ1n) is 11.9. The summed E-state index contributed by atoms with van der Waals surface area (Å²) in [6.45, 7) is 1.12. The van der Waals surface area contributed by atoms with E-state index in [4.69, 9.17) is 16.7 Å². The summed E-state index contributed by atoms with van der Waals surface area (Å²) in [6, 6.07) is 15.7. The maximum atomic E-state index is 13.8. The third-order valence-electron chi connectivity index (χ3n) is 6.21. The normalized spacial score (nSPS) is 16.0. The first kappa shape index (κ1) is 29.4. The molecule has 11 nitrogen and oxygen atoms in total. The summed E-state index contributed by atoms with van der Waals surface area (Å²) in [5, 5.41) is 8.11. The van der Waals surface area contributed by atoms with Crippen molar-refractivity contribution in [2.24, 2.45) is 5.14 Å². The van der Waals surface area contributed by atoms with Gasteiger partial charge >= 0.3 is 0 Å². The maximum absolute atomic E-state index is 13.8. The molecular formula is C26H25ClN4O7S2. The highest BCUT2D eigenvalue weighted by Crippen LogP contribution is 2.30. The van der Waals surface area contributed by atoms with Crippen LogP contribution in [0.3, 0.4) is 0 Å². The molecule has 3 aromatic carbocycles. The van der Waals surface area contributed by atoms with Crippen LogP contribution in [0.5, 0.6) is 0 Å². The molecule has 0 aliphatic carbocycles. The van der Waals surface area contributed by atoms with E-state index in [1.165, 1.54) is 79.7 Å². The van der Waals surface area contributed by atoms with E-state index in [1.807, 2.05) is 0 Å². The minimum Gasteiger partial charge on any atom is -0.326 e. The monoisotopic (exact) mass is 604 g/mol. The number of benzene rings is 3. The van der Waals surface area contributed by atoms with Crippen LogP contribution in [-0.4, -0.2) is 51.4 Å². The van der Waals surface area contributed by atoms with Gasteiger partial charge in [-0.2, -0.15) is 4.31 Å². The van der Waals surface area contributed by atoms with Crippen LogP contribution in [0.15, 0.2) is 82.6 Å². The van der Waals surface area contributed by atoms with E-state index >= 15 is 0 Å². The van der Waals surface area contributed by atoms with Crippen molar-refractivity contribution >= 4 is 60.7 Å². The zero-order valence-corrected chi connectivity index (χ0v) is 23.5. The summed E-state index contributed by atoms with van der Waals surface area (Å²) in [5.74, 6) is -1.62. The number of hydrogen-bond donors (Lipinski definition) is 2. The second kappa shape index (κ2) is 11.5. The molecule has 4 rings (SSSR count). The van der Waals surface area contributed by atoms with E-state index in [1.54, 1.807) is 0 Å². The van der Waals surface area contributed by atoms with Crippen molar-refractivity contribution in [1.82, 2.24) is 4.31 Å². The minimum absolute atomic E-state index is 0.102. The number of hydrogen-bond acceptors (Lipinski definition) is 7. The standard InChI is InChI=1S/C26H25ClN4O7S2/c1-17(32)29-20-6-12-23(13-7-20)40(37,38)30(15-14-18-2-10-22(11-3-18)39(28,35)36)24-16-25(33)31(26(24)34)21-8-4-19(27)5-9-21/h2-13,24H,14-16H2,1H3,(H,29,32)(H2,28,35,36). The van der Waals surface area contributed by atoms with Gasteiger partial charge in [0.15, 0.2) is 0 Å². The average molecular weight is 605 g/mol. The Labute approximate surface area is 236 Å². The Kier molecular flexibility index (Phi) is 8.42. The van der Waals surface area contributed by atoms with Crippen molar-refractivity contribution in [1.29, 1.82) is 0 Å². The molecule has 40 heavy (non-hydrogen) atoms. The van der Waals surface area contributed by atoms with Crippen LogP contribution >= 0.6 is 11.6 Å². The third kappa shape index (κ3) is 6.40. The maximum Gasteiger partial charge on any atom is 0.252 e. The number of nitrogens with two attached hydrogens (primary N) is 1. The Balaban J connectivity index is 1.67. The lowest BCUT2D eigenvalue weighted by Gasteiger charge is -2.27. The van der Waals surface area contributed by atoms with Gasteiger partial charge in [-0.3, -0.25) is 14.4 Å². The molecule has 1 heterocycles. The molecule has 0 aromatic heterocycles. The molecule has 0 bridgehead atoms. The number of halogens is 1. The minimum atomic E-state index is -4.32. The van der Waals surface area contributed by atoms with Crippen molar-refractivity contribution < 1.29 is 31.2 Å². The molecule has 1 aliphatic heterocycles. The molecule has 3 N–H and O–H groups in total. The second-order valence-corrected chi connectivity index (χ2v) is 12.9. The topological polar surface area (TPSA) is 164 Å². The van der Waals surface area contributed by atoms with Gasteiger partial charge < -0.3 is 5.32 Å². The number of imide groups is 1. The molecule has 3 aromatic rings. The van der Waals surface area contributed by atoms with Crippen molar-refractivity contribution in [2.45, 2.75) is 35.6 Å². The Morgan fingerprint density at radius 1 is 0.950 bits per heavy atom. The van der Waals surface area contributed by atoms with Gasteiger partial charge in [0, 0.05) is 24.2 Å². The van der Waals surface area contributed by atoms with Crippen LogP contribution < -0.4 is 15.4 Å². The lowest BCUT2D eigenvalue weighted by molar-refractivity contribution is -0.122. The SMILES string of the molecule is CC(=O)Nc1ccc(S(=O)(=O)N(CCc2ccc(S(N)(=O)=O)cc2)C2CC(=O)N(c3ccc(Cl)cc3)C2=O)cc1. The molecule has 1 saturated heterocycles. The fourth-order valence-corrected chi connectivity index (χ4v) is 6.50. The summed E-state index contributed by atoms with van der Waals surface area (Å²) >= 11 is 5.93. The number of primary sulfonamides is 1. The summed E-state index contributed by atoms with van der Waals surface area (Å²) in [6.07, 6.45) is -0.276. The molecule has 0 saturated carbocycles. The molecule has 210 valence electrons. The third-order valence-corrected chi connectivity index (χ3v) is 9.31. The fourth-order valence-electron chi connectivity index (χ4n) is 4.28. The number of carbonyl (C=O) groups excluding carboxylic acids is 3. The Morgan fingerprint density at radius 2 is 1.52 bits per heavy atom. The van der Waals surface area contributed by atoms with Crippen LogP contribution in [-0.2, 0) is 40.9 Å². The van der Waals surface area contributed by atoms with E-state index in [2.05, 4.69) is 5.32 Å². The lowest BCUT2D eigenvalue weighted by Crippen LogP contribution is -2.46. The quantitative estimate of drug-likeness (QED) is 0.354. The summed E-state index contributed by atoms with van der Waals surface area (Å²) < 4.78 is 51.8. The number of nitrogens with one attached hydrogen (secondary N) is 1. The average Bonchev–Trinajstić information content (AvgIpc) is 3.17. The van der Waals surface area contributed by atoms with Gasteiger partial charge in [-0.25, -0.2) is 26.9 Å². The first-order valence-corrected chi connectivity index (χ1v) is 15.3. The Hall–Kier alpha value is -3.62. The molecule has 1 aliphatic rings. The molecular weight excluding hydrogens is 580 g/mol.